The molecular formula is C20H30FN3O3. The lowest BCUT2D eigenvalue weighted by Gasteiger charge is -2.37. The van der Waals surface area contributed by atoms with E-state index < -0.39 is 0 Å². The van der Waals surface area contributed by atoms with Crippen LogP contribution in [0, 0.1) is 5.82 Å². The van der Waals surface area contributed by atoms with Crippen molar-refractivity contribution in [2.45, 2.75) is 44.5 Å². The number of nitrogens with zero attached hydrogens (tertiary/aromatic N) is 2. The number of guanidine groups is 1. The van der Waals surface area contributed by atoms with Gasteiger partial charge in [0.05, 0.1) is 19.3 Å². The van der Waals surface area contributed by atoms with Gasteiger partial charge in [-0.15, -0.1) is 0 Å². The smallest absolute Gasteiger partial charge is 0.193 e. The highest BCUT2D eigenvalue weighted by molar-refractivity contribution is 5.80. The maximum atomic E-state index is 13.8. The molecule has 0 aromatic heterocycles. The Morgan fingerprint density at radius 2 is 2.15 bits per heavy atom. The van der Waals surface area contributed by atoms with Crippen LogP contribution in [0.3, 0.4) is 0 Å². The first kappa shape index (κ1) is 19.9. The lowest BCUT2D eigenvalue weighted by molar-refractivity contribution is -0.0817. The molecule has 3 atom stereocenters. The molecule has 2 fully saturated rings. The molecule has 7 heteroatoms. The second kappa shape index (κ2) is 9.90. The van der Waals surface area contributed by atoms with Crippen molar-refractivity contribution in [2.24, 2.45) is 4.99 Å². The third-order valence-electron chi connectivity index (χ3n) is 5.06. The van der Waals surface area contributed by atoms with Crippen LogP contribution in [0.2, 0.25) is 0 Å². The summed E-state index contributed by atoms with van der Waals surface area (Å²) in [7, 11) is 1.78. The van der Waals surface area contributed by atoms with Crippen molar-refractivity contribution in [1.82, 2.24) is 10.2 Å². The number of hydrogen-bond donors (Lipinski definition) is 1. The molecule has 0 radical (unpaired) electrons. The molecule has 0 amide bonds. The van der Waals surface area contributed by atoms with Crippen molar-refractivity contribution in [3.05, 3.63) is 30.1 Å². The molecule has 1 N–H and O–H groups in total. The fourth-order valence-corrected chi connectivity index (χ4v) is 3.52. The molecule has 2 saturated heterocycles. The second-order valence-electron chi connectivity index (χ2n) is 6.91. The summed E-state index contributed by atoms with van der Waals surface area (Å²) in [5, 5.41) is 3.37. The Hall–Kier alpha value is -1.86. The zero-order valence-electron chi connectivity index (χ0n) is 16.2. The normalized spacial score (nSPS) is 24.7. The average Bonchev–Trinajstić information content (AvgIpc) is 3.24. The van der Waals surface area contributed by atoms with Gasteiger partial charge in [-0.3, -0.25) is 4.99 Å². The van der Waals surface area contributed by atoms with Gasteiger partial charge in [-0.2, -0.15) is 0 Å². The minimum Gasteiger partial charge on any atom is -0.486 e. The number of ether oxygens (including phenoxy) is 3. The van der Waals surface area contributed by atoms with Gasteiger partial charge in [-0.1, -0.05) is 19.1 Å². The van der Waals surface area contributed by atoms with E-state index in [0.717, 1.165) is 44.9 Å². The monoisotopic (exact) mass is 379 g/mol. The fourth-order valence-electron chi connectivity index (χ4n) is 3.52. The molecule has 3 rings (SSSR count). The van der Waals surface area contributed by atoms with E-state index in [2.05, 4.69) is 15.2 Å². The Morgan fingerprint density at radius 1 is 1.33 bits per heavy atom. The number of rotatable bonds is 6. The van der Waals surface area contributed by atoms with Crippen LogP contribution in [0.5, 0.6) is 5.75 Å². The van der Waals surface area contributed by atoms with Crippen LogP contribution in [0.15, 0.2) is 29.3 Å². The average molecular weight is 379 g/mol. The zero-order valence-corrected chi connectivity index (χ0v) is 16.2. The number of nitrogens with one attached hydrogen (secondary N) is 1. The summed E-state index contributed by atoms with van der Waals surface area (Å²) in [6, 6.07) is 6.50. The first-order valence-corrected chi connectivity index (χ1v) is 9.81. The number of halogens is 1. The van der Waals surface area contributed by atoms with Crippen molar-refractivity contribution < 1.29 is 18.6 Å². The number of para-hydroxylation sites is 1. The minimum atomic E-state index is -0.340. The number of morpholine rings is 1. The van der Waals surface area contributed by atoms with Crippen LogP contribution >= 0.6 is 0 Å². The summed E-state index contributed by atoms with van der Waals surface area (Å²) in [6.07, 6.45) is 3.03. The van der Waals surface area contributed by atoms with Crippen LogP contribution in [-0.2, 0) is 9.47 Å². The van der Waals surface area contributed by atoms with Crippen LogP contribution in [0.4, 0.5) is 4.39 Å². The van der Waals surface area contributed by atoms with Crippen molar-refractivity contribution >= 4 is 5.96 Å². The predicted octanol–water partition coefficient (Wildman–Crippen LogP) is 2.44. The summed E-state index contributed by atoms with van der Waals surface area (Å²) in [6.45, 7) is 5.61. The van der Waals surface area contributed by atoms with Gasteiger partial charge in [0, 0.05) is 26.7 Å². The first-order chi connectivity index (χ1) is 13.2. The number of aliphatic imine (C=N–C) groups is 1. The van der Waals surface area contributed by atoms with Gasteiger partial charge in [0.2, 0.25) is 0 Å². The molecule has 2 aliphatic heterocycles. The topological polar surface area (TPSA) is 55.3 Å². The SMILES string of the molecule is CCC(CNC(=NC)N1CCOC(C2CCCO2)C1)Oc1ccccc1F. The van der Waals surface area contributed by atoms with Crippen LogP contribution in [0.1, 0.15) is 26.2 Å². The maximum absolute atomic E-state index is 13.8. The van der Waals surface area contributed by atoms with Gasteiger partial charge in [0.15, 0.2) is 17.5 Å². The van der Waals surface area contributed by atoms with Gasteiger partial charge in [0.1, 0.15) is 12.2 Å². The highest BCUT2D eigenvalue weighted by atomic mass is 19.1. The van der Waals surface area contributed by atoms with E-state index in [4.69, 9.17) is 14.2 Å². The van der Waals surface area contributed by atoms with Gasteiger partial charge in [-0.25, -0.2) is 4.39 Å². The van der Waals surface area contributed by atoms with E-state index in [1.165, 1.54) is 6.07 Å². The van der Waals surface area contributed by atoms with E-state index in [-0.39, 0.29) is 29.9 Å². The molecule has 1 aromatic carbocycles. The third kappa shape index (κ3) is 5.32. The van der Waals surface area contributed by atoms with Crippen molar-refractivity contribution in [3.63, 3.8) is 0 Å². The van der Waals surface area contributed by atoms with E-state index in [0.29, 0.717) is 13.2 Å². The van der Waals surface area contributed by atoms with Crippen molar-refractivity contribution in [2.75, 3.05) is 39.9 Å². The number of hydrogen-bond acceptors (Lipinski definition) is 4. The maximum Gasteiger partial charge on any atom is 0.193 e. The Bertz CT molecular complexity index is 622. The van der Waals surface area contributed by atoms with Gasteiger partial charge in [0.25, 0.3) is 0 Å². The first-order valence-electron chi connectivity index (χ1n) is 9.81. The van der Waals surface area contributed by atoms with Gasteiger partial charge < -0.3 is 24.4 Å². The van der Waals surface area contributed by atoms with Gasteiger partial charge in [-0.05, 0) is 31.4 Å². The standard InChI is InChI=1S/C20H30FN3O3/c1-3-15(27-17-8-5-4-7-16(17)21)13-23-20(22-2)24-10-12-26-19(14-24)18-9-6-11-25-18/h4-5,7-8,15,18-19H,3,6,9-14H2,1-2H3,(H,22,23). The Labute approximate surface area is 160 Å². The molecule has 0 bridgehead atoms. The molecule has 1 aromatic rings. The lowest BCUT2D eigenvalue weighted by atomic mass is 10.1. The summed E-state index contributed by atoms with van der Waals surface area (Å²) in [5.74, 6) is 0.760. The summed E-state index contributed by atoms with van der Waals surface area (Å²) in [5.41, 5.74) is 0. The molecule has 3 unspecified atom stereocenters. The predicted molar refractivity (Wildman–Crippen MR) is 103 cm³/mol. The molecule has 6 nitrogen and oxygen atoms in total. The van der Waals surface area contributed by atoms with E-state index in [9.17, 15) is 4.39 Å². The van der Waals surface area contributed by atoms with Crippen LogP contribution < -0.4 is 10.1 Å². The number of benzene rings is 1. The van der Waals surface area contributed by atoms with E-state index in [1.54, 1.807) is 25.2 Å². The van der Waals surface area contributed by atoms with Crippen molar-refractivity contribution in [3.8, 4) is 5.75 Å². The molecule has 150 valence electrons. The Balaban J connectivity index is 1.53. The van der Waals surface area contributed by atoms with Crippen LogP contribution in [-0.4, -0.2) is 69.1 Å². The quantitative estimate of drug-likeness (QED) is 0.608. The minimum absolute atomic E-state index is 0.0800. The molecule has 27 heavy (non-hydrogen) atoms. The largest absolute Gasteiger partial charge is 0.486 e. The zero-order chi connectivity index (χ0) is 19.1. The van der Waals surface area contributed by atoms with Crippen molar-refractivity contribution in [1.29, 1.82) is 0 Å². The molecule has 2 aliphatic rings. The molecular weight excluding hydrogens is 349 g/mol. The van der Waals surface area contributed by atoms with E-state index >= 15 is 0 Å². The Morgan fingerprint density at radius 3 is 2.85 bits per heavy atom. The van der Waals surface area contributed by atoms with E-state index in [1.807, 2.05) is 6.92 Å². The Kier molecular flexibility index (Phi) is 7.29. The fraction of sp³-hybridized carbons (Fsp3) is 0.650. The lowest BCUT2D eigenvalue weighted by Crippen LogP contribution is -2.54. The molecule has 2 heterocycles. The van der Waals surface area contributed by atoms with Gasteiger partial charge >= 0.3 is 0 Å². The molecule has 0 spiro atoms. The third-order valence-corrected chi connectivity index (χ3v) is 5.06. The molecule has 0 saturated carbocycles. The highest BCUT2D eigenvalue weighted by Gasteiger charge is 2.32. The summed E-state index contributed by atoms with van der Waals surface area (Å²) >= 11 is 0. The second-order valence-corrected chi connectivity index (χ2v) is 6.91. The highest BCUT2D eigenvalue weighted by Crippen LogP contribution is 2.21. The summed E-state index contributed by atoms with van der Waals surface area (Å²) in [4.78, 5) is 6.61. The molecule has 0 aliphatic carbocycles. The van der Waals surface area contributed by atoms with Crippen LogP contribution in [0.25, 0.3) is 0 Å². The summed E-state index contributed by atoms with van der Waals surface area (Å²) < 4.78 is 31.3.